The van der Waals surface area contributed by atoms with Crippen LogP contribution in [-0.4, -0.2) is 30.2 Å². The monoisotopic (exact) mass is 237 g/mol. The first kappa shape index (κ1) is 12.7. The van der Waals surface area contributed by atoms with Crippen molar-refractivity contribution < 1.29 is 9.52 Å². The first-order valence-electron chi connectivity index (χ1n) is 6.55. The van der Waals surface area contributed by atoms with Crippen LogP contribution in [0.15, 0.2) is 23.0 Å². The van der Waals surface area contributed by atoms with Crippen molar-refractivity contribution in [1.29, 1.82) is 0 Å². The van der Waals surface area contributed by atoms with Gasteiger partial charge in [-0.3, -0.25) is 0 Å². The minimum Gasteiger partial charge on any atom is -0.472 e. The van der Waals surface area contributed by atoms with E-state index in [1.54, 1.807) is 12.5 Å². The third kappa shape index (κ3) is 3.33. The summed E-state index contributed by atoms with van der Waals surface area (Å²) < 4.78 is 5.08. The fourth-order valence-corrected chi connectivity index (χ4v) is 2.99. The Labute approximate surface area is 103 Å². The van der Waals surface area contributed by atoms with Gasteiger partial charge in [0, 0.05) is 30.7 Å². The molecule has 0 amide bonds. The third-order valence-corrected chi connectivity index (χ3v) is 3.89. The van der Waals surface area contributed by atoms with Crippen LogP contribution in [0.2, 0.25) is 0 Å². The molecule has 1 saturated carbocycles. The second kappa shape index (κ2) is 5.69. The Morgan fingerprint density at radius 1 is 1.35 bits per heavy atom. The molecule has 0 aromatic carbocycles. The molecule has 1 aromatic heterocycles. The number of hydrogen-bond acceptors (Lipinski definition) is 3. The Hall–Kier alpha value is -0.800. The molecule has 0 unspecified atom stereocenters. The fraction of sp³-hybridized carbons (Fsp3) is 0.714. The Morgan fingerprint density at radius 3 is 2.71 bits per heavy atom. The standard InChI is InChI=1S/C14H23NO2/c1-15(9-13-5-8-17-10-13)11-14(12-16)6-3-2-4-7-14/h5,8,10,16H,2-4,6-7,9,11-12H2,1H3. The van der Waals surface area contributed by atoms with Gasteiger partial charge >= 0.3 is 0 Å². The maximum Gasteiger partial charge on any atom is 0.0947 e. The SMILES string of the molecule is CN(Cc1ccoc1)CC1(CO)CCCCC1. The van der Waals surface area contributed by atoms with Gasteiger partial charge in [0.25, 0.3) is 0 Å². The molecule has 3 heteroatoms. The summed E-state index contributed by atoms with van der Waals surface area (Å²) in [6, 6.07) is 2.00. The summed E-state index contributed by atoms with van der Waals surface area (Å²) in [4.78, 5) is 2.30. The molecule has 1 aliphatic rings. The van der Waals surface area contributed by atoms with Gasteiger partial charge in [-0.2, -0.15) is 0 Å². The summed E-state index contributed by atoms with van der Waals surface area (Å²) in [6.07, 6.45) is 9.69. The van der Waals surface area contributed by atoms with Gasteiger partial charge in [-0.15, -0.1) is 0 Å². The molecule has 0 bridgehead atoms. The summed E-state index contributed by atoms with van der Waals surface area (Å²) in [7, 11) is 2.12. The van der Waals surface area contributed by atoms with Crippen LogP contribution < -0.4 is 0 Å². The van der Waals surface area contributed by atoms with Crippen molar-refractivity contribution >= 4 is 0 Å². The van der Waals surface area contributed by atoms with Gasteiger partial charge < -0.3 is 14.4 Å². The molecule has 0 radical (unpaired) electrons. The minimum atomic E-state index is 0.136. The van der Waals surface area contributed by atoms with Crippen LogP contribution in [0.3, 0.4) is 0 Å². The summed E-state index contributed by atoms with van der Waals surface area (Å²) in [5.41, 5.74) is 1.34. The summed E-state index contributed by atoms with van der Waals surface area (Å²) in [5.74, 6) is 0. The summed E-state index contributed by atoms with van der Waals surface area (Å²) >= 11 is 0. The van der Waals surface area contributed by atoms with E-state index in [9.17, 15) is 5.11 Å². The lowest BCUT2D eigenvalue weighted by Gasteiger charge is -2.38. The van der Waals surface area contributed by atoms with E-state index in [4.69, 9.17) is 4.42 Å². The highest BCUT2D eigenvalue weighted by Crippen LogP contribution is 2.36. The van der Waals surface area contributed by atoms with Crippen LogP contribution in [0.5, 0.6) is 0 Å². The first-order valence-corrected chi connectivity index (χ1v) is 6.55. The van der Waals surface area contributed by atoms with E-state index in [2.05, 4.69) is 11.9 Å². The summed E-state index contributed by atoms with van der Waals surface area (Å²) in [6.45, 7) is 2.20. The Balaban J connectivity index is 1.89. The van der Waals surface area contributed by atoms with E-state index >= 15 is 0 Å². The molecule has 0 saturated heterocycles. The van der Waals surface area contributed by atoms with Crippen molar-refractivity contribution in [2.24, 2.45) is 5.41 Å². The van der Waals surface area contributed by atoms with Crippen molar-refractivity contribution in [1.82, 2.24) is 4.90 Å². The van der Waals surface area contributed by atoms with Crippen LogP contribution in [0.25, 0.3) is 0 Å². The number of nitrogens with zero attached hydrogens (tertiary/aromatic N) is 1. The van der Waals surface area contributed by atoms with Gasteiger partial charge in [-0.05, 0) is 26.0 Å². The average molecular weight is 237 g/mol. The highest BCUT2D eigenvalue weighted by Gasteiger charge is 2.32. The van der Waals surface area contributed by atoms with E-state index in [-0.39, 0.29) is 5.41 Å². The third-order valence-electron chi connectivity index (χ3n) is 3.89. The van der Waals surface area contributed by atoms with E-state index in [0.717, 1.165) is 13.1 Å². The molecule has 2 rings (SSSR count). The van der Waals surface area contributed by atoms with Crippen LogP contribution in [-0.2, 0) is 6.54 Å². The van der Waals surface area contributed by atoms with E-state index in [1.165, 1.54) is 37.7 Å². The van der Waals surface area contributed by atoms with Gasteiger partial charge in [0.05, 0.1) is 12.5 Å². The van der Waals surface area contributed by atoms with Crippen molar-refractivity contribution in [2.75, 3.05) is 20.2 Å². The zero-order chi connectivity index (χ0) is 12.1. The fourth-order valence-electron chi connectivity index (χ4n) is 2.99. The van der Waals surface area contributed by atoms with E-state index in [1.807, 2.05) is 6.07 Å². The van der Waals surface area contributed by atoms with Gasteiger partial charge in [-0.1, -0.05) is 19.3 Å². The van der Waals surface area contributed by atoms with Gasteiger partial charge in [0.15, 0.2) is 0 Å². The maximum atomic E-state index is 9.67. The predicted octanol–water partition coefficient (Wildman–Crippen LogP) is 2.65. The minimum absolute atomic E-state index is 0.136. The van der Waals surface area contributed by atoms with Crippen LogP contribution in [0.4, 0.5) is 0 Å². The van der Waals surface area contributed by atoms with Crippen LogP contribution in [0, 0.1) is 5.41 Å². The lowest BCUT2D eigenvalue weighted by molar-refractivity contribution is 0.0463. The molecule has 1 aromatic rings. The normalized spacial score (nSPS) is 19.7. The lowest BCUT2D eigenvalue weighted by Crippen LogP contribution is -2.39. The zero-order valence-electron chi connectivity index (χ0n) is 10.7. The van der Waals surface area contributed by atoms with E-state index in [0.29, 0.717) is 6.61 Å². The molecule has 17 heavy (non-hydrogen) atoms. The van der Waals surface area contributed by atoms with Crippen LogP contribution in [0.1, 0.15) is 37.7 Å². The Bertz CT molecular complexity index is 315. The van der Waals surface area contributed by atoms with Crippen molar-refractivity contribution in [3.8, 4) is 0 Å². The molecule has 3 nitrogen and oxygen atoms in total. The quantitative estimate of drug-likeness (QED) is 0.855. The highest BCUT2D eigenvalue weighted by atomic mass is 16.3. The maximum absolute atomic E-state index is 9.67. The number of aliphatic hydroxyl groups is 1. The van der Waals surface area contributed by atoms with Crippen molar-refractivity contribution in [2.45, 2.75) is 38.6 Å². The zero-order valence-corrected chi connectivity index (χ0v) is 10.7. The first-order chi connectivity index (χ1) is 8.24. The molecule has 1 fully saturated rings. The average Bonchev–Trinajstić information content (AvgIpc) is 2.83. The molecular weight excluding hydrogens is 214 g/mol. The molecule has 96 valence electrons. The molecule has 1 N–H and O–H groups in total. The smallest absolute Gasteiger partial charge is 0.0947 e. The molecule has 0 spiro atoms. The van der Waals surface area contributed by atoms with Gasteiger partial charge in [0.1, 0.15) is 0 Å². The summed E-state index contributed by atoms with van der Waals surface area (Å²) in [5, 5.41) is 9.67. The number of furan rings is 1. The van der Waals surface area contributed by atoms with Crippen molar-refractivity contribution in [3.05, 3.63) is 24.2 Å². The molecular formula is C14H23NO2. The molecule has 1 aliphatic carbocycles. The molecule has 1 heterocycles. The van der Waals surface area contributed by atoms with Crippen molar-refractivity contribution in [3.63, 3.8) is 0 Å². The second-order valence-electron chi connectivity index (χ2n) is 5.52. The number of aliphatic hydroxyl groups excluding tert-OH is 1. The predicted molar refractivity (Wildman–Crippen MR) is 67.6 cm³/mol. The number of rotatable bonds is 5. The van der Waals surface area contributed by atoms with E-state index < -0.39 is 0 Å². The Morgan fingerprint density at radius 2 is 2.12 bits per heavy atom. The lowest BCUT2D eigenvalue weighted by atomic mass is 9.74. The topological polar surface area (TPSA) is 36.6 Å². The number of hydrogen-bond donors (Lipinski definition) is 1. The van der Waals surface area contributed by atoms with Gasteiger partial charge in [0.2, 0.25) is 0 Å². The molecule has 0 aliphatic heterocycles. The second-order valence-corrected chi connectivity index (χ2v) is 5.52. The highest BCUT2D eigenvalue weighted by molar-refractivity contribution is 5.04. The molecule has 0 atom stereocenters. The largest absolute Gasteiger partial charge is 0.472 e. The Kier molecular flexibility index (Phi) is 4.24. The van der Waals surface area contributed by atoms with Crippen LogP contribution >= 0.6 is 0 Å². The van der Waals surface area contributed by atoms with Gasteiger partial charge in [-0.25, -0.2) is 0 Å².